The van der Waals surface area contributed by atoms with Crippen molar-refractivity contribution in [2.24, 2.45) is 5.10 Å². The van der Waals surface area contributed by atoms with Crippen LogP contribution in [0.25, 0.3) is 0 Å². The normalized spacial score (nSPS) is 14.5. The Morgan fingerprint density at radius 1 is 1.14 bits per heavy atom. The van der Waals surface area contributed by atoms with Crippen molar-refractivity contribution >= 4 is 35.1 Å². The topological polar surface area (TPSA) is 52.8 Å². The Morgan fingerprint density at radius 3 is 2.68 bits per heavy atom. The molecule has 0 aliphatic carbocycles. The summed E-state index contributed by atoms with van der Waals surface area (Å²) in [5.41, 5.74) is 3.70. The van der Waals surface area contributed by atoms with E-state index in [9.17, 15) is 0 Å². The van der Waals surface area contributed by atoms with Gasteiger partial charge in [-0.15, -0.1) is 0 Å². The van der Waals surface area contributed by atoms with Crippen LogP contribution in [0.2, 0.25) is 0 Å². The number of hydrogen-bond donors (Lipinski definition) is 2. The molecule has 22 heavy (non-hydrogen) atoms. The summed E-state index contributed by atoms with van der Waals surface area (Å²) < 4.78 is 5.74. The molecule has 0 unspecified atom stereocenters. The Bertz CT molecular complexity index is 647. The molecule has 2 N–H and O–H groups in total. The van der Waals surface area contributed by atoms with Crippen LogP contribution in [0.5, 0.6) is 0 Å². The number of anilines is 2. The molecule has 0 saturated carbocycles. The standard InChI is InChI=1S/C16H18N4OS/c22-16(18-13-6-2-1-3-7-13)19-17-12-14-8-9-15(21-14)20-10-4-5-11-20/h1-3,6-9,12H,4-5,10-11H2,(H2,18,19,22)/b17-12+. The highest BCUT2D eigenvalue weighted by Crippen LogP contribution is 2.21. The third-order valence-electron chi connectivity index (χ3n) is 3.42. The lowest BCUT2D eigenvalue weighted by molar-refractivity contribution is 0.550. The van der Waals surface area contributed by atoms with Gasteiger partial charge in [0.05, 0.1) is 6.21 Å². The number of thiocarbonyl (C=S) groups is 1. The minimum absolute atomic E-state index is 0.439. The lowest BCUT2D eigenvalue weighted by atomic mass is 10.3. The van der Waals surface area contributed by atoms with Crippen LogP contribution in [0.4, 0.5) is 11.6 Å². The molecule has 0 amide bonds. The fourth-order valence-electron chi connectivity index (χ4n) is 2.35. The average molecular weight is 314 g/mol. The van der Waals surface area contributed by atoms with Crippen LogP contribution in [0.3, 0.4) is 0 Å². The quantitative estimate of drug-likeness (QED) is 0.516. The molecule has 1 saturated heterocycles. The number of para-hydroxylation sites is 1. The van der Waals surface area contributed by atoms with Gasteiger partial charge in [0.25, 0.3) is 0 Å². The third-order valence-corrected chi connectivity index (χ3v) is 3.61. The van der Waals surface area contributed by atoms with Crippen molar-refractivity contribution in [1.82, 2.24) is 5.43 Å². The summed E-state index contributed by atoms with van der Waals surface area (Å²) in [6.07, 6.45) is 4.08. The smallest absolute Gasteiger partial charge is 0.196 e. The van der Waals surface area contributed by atoms with Crippen molar-refractivity contribution in [1.29, 1.82) is 0 Å². The summed E-state index contributed by atoms with van der Waals surface area (Å²) in [7, 11) is 0. The zero-order valence-corrected chi connectivity index (χ0v) is 13.0. The molecule has 1 aromatic heterocycles. The predicted molar refractivity (Wildman–Crippen MR) is 93.5 cm³/mol. The fraction of sp³-hybridized carbons (Fsp3) is 0.250. The van der Waals surface area contributed by atoms with E-state index in [1.165, 1.54) is 12.8 Å². The van der Waals surface area contributed by atoms with E-state index in [0.717, 1.165) is 24.7 Å². The number of rotatable bonds is 4. The van der Waals surface area contributed by atoms with Crippen LogP contribution in [0, 0.1) is 0 Å². The van der Waals surface area contributed by atoms with Gasteiger partial charge in [-0.25, -0.2) is 0 Å². The van der Waals surface area contributed by atoms with Crippen LogP contribution in [-0.2, 0) is 0 Å². The van der Waals surface area contributed by atoms with Gasteiger partial charge in [-0.05, 0) is 43.3 Å². The summed E-state index contributed by atoms with van der Waals surface area (Å²) in [4.78, 5) is 2.24. The van der Waals surface area contributed by atoms with Gasteiger partial charge < -0.3 is 14.6 Å². The molecular formula is C16H18N4OS. The number of nitrogens with one attached hydrogen (secondary N) is 2. The Morgan fingerprint density at radius 2 is 1.91 bits per heavy atom. The van der Waals surface area contributed by atoms with Gasteiger partial charge in [0.15, 0.2) is 11.0 Å². The van der Waals surface area contributed by atoms with Gasteiger partial charge in [0.2, 0.25) is 0 Å². The number of furan rings is 1. The monoisotopic (exact) mass is 314 g/mol. The largest absolute Gasteiger partial charge is 0.440 e. The molecule has 114 valence electrons. The molecule has 0 bridgehead atoms. The summed E-state index contributed by atoms with van der Waals surface area (Å²) in [5.74, 6) is 1.61. The number of nitrogens with zero attached hydrogens (tertiary/aromatic N) is 2. The maximum absolute atomic E-state index is 5.74. The molecular weight excluding hydrogens is 296 g/mol. The number of hydrazone groups is 1. The van der Waals surface area contributed by atoms with Gasteiger partial charge in [-0.3, -0.25) is 5.43 Å². The van der Waals surface area contributed by atoms with E-state index >= 15 is 0 Å². The molecule has 1 aromatic carbocycles. The minimum atomic E-state index is 0.439. The Labute approximate surface area is 135 Å². The van der Waals surface area contributed by atoms with E-state index in [2.05, 4.69) is 20.7 Å². The van der Waals surface area contributed by atoms with E-state index < -0.39 is 0 Å². The van der Waals surface area contributed by atoms with Crippen molar-refractivity contribution in [2.45, 2.75) is 12.8 Å². The molecule has 0 atom stereocenters. The first-order chi connectivity index (χ1) is 10.8. The lowest BCUT2D eigenvalue weighted by Gasteiger charge is -2.12. The Hall–Kier alpha value is -2.34. The SMILES string of the molecule is S=C(N/N=C/c1ccc(N2CCCC2)o1)Nc1ccccc1. The number of hydrogen-bond acceptors (Lipinski definition) is 4. The van der Waals surface area contributed by atoms with E-state index in [-0.39, 0.29) is 0 Å². The highest BCUT2D eigenvalue weighted by Gasteiger charge is 2.14. The second kappa shape index (κ2) is 7.09. The molecule has 1 aliphatic heterocycles. The van der Waals surface area contributed by atoms with Crippen LogP contribution in [0.15, 0.2) is 52.0 Å². The van der Waals surface area contributed by atoms with E-state index in [1.807, 2.05) is 42.5 Å². The molecule has 2 heterocycles. The van der Waals surface area contributed by atoms with E-state index in [1.54, 1.807) is 6.21 Å². The second-order valence-electron chi connectivity index (χ2n) is 5.06. The van der Waals surface area contributed by atoms with Gasteiger partial charge in [-0.2, -0.15) is 5.10 Å². The molecule has 1 fully saturated rings. The minimum Gasteiger partial charge on any atom is -0.440 e. The van der Waals surface area contributed by atoms with Gasteiger partial charge >= 0.3 is 0 Å². The molecule has 0 radical (unpaired) electrons. The van der Waals surface area contributed by atoms with Crippen molar-refractivity contribution in [2.75, 3.05) is 23.3 Å². The summed E-state index contributed by atoms with van der Waals surface area (Å²) in [6.45, 7) is 2.13. The average Bonchev–Trinajstić information content (AvgIpc) is 3.19. The maximum Gasteiger partial charge on any atom is 0.196 e. The van der Waals surface area contributed by atoms with E-state index in [0.29, 0.717) is 10.9 Å². The Kier molecular flexibility index (Phi) is 4.70. The van der Waals surface area contributed by atoms with Crippen LogP contribution in [-0.4, -0.2) is 24.4 Å². The van der Waals surface area contributed by atoms with Crippen LogP contribution >= 0.6 is 12.2 Å². The molecule has 6 heteroatoms. The summed E-state index contributed by atoms with van der Waals surface area (Å²) >= 11 is 5.17. The van der Waals surface area contributed by atoms with Gasteiger partial charge in [-0.1, -0.05) is 18.2 Å². The molecule has 5 nitrogen and oxygen atoms in total. The first kappa shape index (κ1) is 14.6. The first-order valence-corrected chi connectivity index (χ1v) is 7.72. The van der Waals surface area contributed by atoms with E-state index in [4.69, 9.17) is 16.6 Å². The lowest BCUT2D eigenvalue weighted by Crippen LogP contribution is -2.23. The molecule has 0 spiro atoms. The Balaban J connectivity index is 1.50. The van der Waals surface area contributed by atoms with Crippen LogP contribution in [0.1, 0.15) is 18.6 Å². The summed E-state index contributed by atoms with van der Waals surface area (Å²) in [6, 6.07) is 13.6. The zero-order valence-electron chi connectivity index (χ0n) is 12.2. The van der Waals surface area contributed by atoms with Crippen molar-refractivity contribution in [3.63, 3.8) is 0 Å². The summed E-state index contributed by atoms with van der Waals surface area (Å²) in [5, 5.41) is 7.57. The third kappa shape index (κ3) is 3.85. The predicted octanol–water partition coefficient (Wildman–Crippen LogP) is 3.20. The molecule has 3 rings (SSSR count). The number of benzene rings is 1. The molecule has 1 aliphatic rings. The second-order valence-corrected chi connectivity index (χ2v) is 5.47. The van der Waals surface area contributed by atoms with Crippen LogP contribution < -0.4 is 15.6 Å². The van der Waals surface area contributed by atoms with Gasteiger partial charge in [0, 0.05) is 24.8 Å². The molecule has 2 aromatic rings. The highest BCUT2D eigenvalue weighted by atomic mass is 32.1. The maximum atomic E-state index is 5.74. The zero-order chi connectivity index (χ0) is 15.2. The van der Waals surface area contributed by atoms with Crippen molar-refractivity contribution < 1.29 is 4.42 Å². The fourth-order valence-corrected chi connectivity index (χ4v) is 2.52. The highest BCUT2D eigenvalue weighted by molar-refractivity contribution is 7.80. The first-order valence-electron chi connectivity index (χ1n) is 7.31. The van der Waals surface area contributed by atoms with Gasteiger partial charge in [0.1, 0.15) is 5.76 Å². The van der Waals surface area contributed by atoms with Crippen molar-refractivity contribution in [3.05, 3.63) is 48.2 Å². The van der Waals surface area contributed by atoms with Crippen molar-refractivity contribution in [3.8, 4) is 0 Å².